The van der Waals surface area contributed by atoms with E-state index in [-0.39, 0.29) is 24.0 Å². The maximum Gasteiger partial charge on any atom is 0.237 e. The summed E-state index contributed by atoms with van der Waals surface area (Å²) < 4.78 is 25.9. The van der Waals surface area contributed by atoms with Crippen LogP contribution in [0.25, 0.3) is 0 Å². The number of rotatable bonds is 6. The minimum Gasteiger partial charge on any atom is -0.274 e. The molecule has 1 amide bonds. The van der Waals surface area contributed by atoms with Crippen molar-refractivity contribution in [3.63, 3.8) is 0 Å². The van der Waals surface area contributed by atoms with E-state index in [1.165, 1.54) is 0 Å². The first-order valence-corrected chi connectivity index (χ1v) is 8.75. The molecule has 1 rings (SSSR count). The minimum atomic E-state index is -3.62. The molecule has 1 N–H and O–H groups in total. The first-order valence-electron chi connectivity index (χ1n) is 7.10. The van der Waals surface area contributed by atoms with Gasteiger partial charge in [-0.15, -0.1) is 0 Å². The molecule has 0 heterocycles. The van der Waals surface area contributed by atoms with E-state index in [1.807, 2.05) is 26.8 Å². The lowest BCUT2D eigenvalue weighted by Gasteiger charge is -2.17. The van der Waals surface area contributed by atoms with Crippen LogP contribution < -0.4 is 4.72 Å². The summed E-state index contributed by atoms with van der Waals surface area (Å²) in [5.74, 6) is -0.651. The van der Waals surface area contributed by atoms with Crippen LogP contribution in [0, 0.1) is 16.7 Å². The third kappa shape index (κ3) is 6.72. The Kier molecular flexibility index (Phi) is 6.12. The Bertz CT molecular complexity index is 667. The number of nitrogens with one attached hydrogen (secondary N) is 1. The van der Waals surface area contributed by atoms with Crippen LogP contribution in [0.5, 0.6) is 0 Å². The largest absolute Gasteiger partial charge is 0.274 e. The van der Waals surface area contributed by atoms with E-state index in [1.54, 1.807) is 24.3 Å². The van der Waals surface area contributed by atoms with Crippen LogP contribution in [0.3, 0.4) is 0 Å². The number of nitrogens with zero attached hydrogens (tertiary/aromatic N) is 1. The SMILES string of the molecule is CC(C)(C)CCS(=O)(=O)NC(=O)Cc1ccccc1CC#N. The molecule has 0 saturated heterocycles. The van der Waals surface area contributed by atoms with Crippen molar-refractivity contribution in [2.24, 2.45) is 5.41 Å². The van der Waals surface area contributed by atoms with E-state index >= 15 is 0 Å². The van der Waals surface area contributed by atoms with Gasteiger partial charge in [0.15, 0.2) is 0 Å². The first-order chi connectivity index (χ1) is 10.1. The van der Waals surface area contributed by atoms with Crippen molar-refractivity contribution >= 4 is 15.9 Å². The fourth-order valence-electron chi connectivity index (χ4n) is 1.86. The number of hydrogen-bond donors (Lipinski definition) is 1. The molecule has 6 heteroatoms. The van der Waals surface area contributed by atoms with Crippen LogP contribution >= 0.6 is 0 Å². The van der Waals surface area contributed by atoms with Gasteiger partial charge in [-0.1, -0.05) is 45.0 Å². The zero-order valence-electron chi connectivity index (χ0n) is 13.2. The summed E-state index contributed by atoms with van der Waals surface area (Å²) >= 11 is 0. The number of carbonyl (C=O) groups is 1. The second kappa shape index (κ2) is 7.41. The molecule has 0 aliphatic heterocycles. The molecule has 0 radical (unpaired) electrons. The Hall–Kier alpha value is -1.87. The van der Waals surface area contributed by atoms with E-state index in [9.17, 15) is 13.2 Å². The summed E-state index contributed by atoms with van der Waals surface area (Å²) in [6.45, 7) is 5.84. The molecule has 5 nitrogen and oxygen atoms in total. The average Bonchev–Trinajstić information content (AvgIpc) is 2.38. The van der Waals surface area contributed by atoms with E-state index in [0.717, 1.165) is 5.56 Å². The monoisotopic (exact) mass is 322 g/mol. The van der Waals surface area contributed by atoms with Crippen LogP contribution in [0.4, 0.5) is 0 Å². The quantitative estimate of drug-likeness (QED) is 0.869. The molecule has 0 atom stereocenters. The maximum absolute atomic E-state index is 11.9. The van der Waals surface area contributed by atoms with Gasteiger partial charge in [0.1, 0.15) is 0 Å². The van der Waals surface area contributed by atoms with Gasteiger partial charge in [-0.25, -0.2) is 8.42 Å². The Balaban J connectivity index is 2.69. The summed E-state index contributed by atoms with van der Waals surface area (Å²) in [6, 6.07) is 9.07. The maximum atomic E-state index is 11.9. The number of benzene rings is 1. The van der Waals surface area contributed by atoms with Crippen molar-refractivity contribution in [1.29, 1.82) is 5.26 Å². The van der Waals surface area contributed by atoms with Crippen molar-refractivity contribution in [3.8, 4) is 6.07 Å². The highest BCUT2D eigenvalue weighted by atomic mass is 32.2. The molecule has 1 aromatic rings. The Morgan fingerprint density at radius 3 is 2.36 bits per heavy atom. The number of hydrogen-bond acceptors (Lipinski definition) is 4. The molecule has 0 aliphatic carbocycles. The van der Waals surface area contributed by atoms with Crippen LogP contribution in [-0.2, 0) is 27.7 Å². The minimum absolute atomic E-state index is 0.0490. The van der Waals surface area contributed by atoms with Crippen molar-refractivity contribution in [3.05, 3.63) is 35.4 Å². The fourth-order valence-corrected chi connectivity index (χ4v) is 3.26. The lowest BCUT2D eigenvalue weighted by molar-refractivity contribution is -0.118. The zero-order valence-corrected chi connectivity index (χ0v) is 14.0. The number of carbonyl (C=O) groups excluding carboxylic acids is 1. The molecule has 1 aromatic carbocycles. The van der Waals surface area contributed by atoms with Crippen LogP contribution in [-0.4, -0.2) is 20.1 Å². The van der Waals surface area contributed by atoms with Gasteiger partial charge in [0.25, 0.3) is 0 Å². The summed E-state index contributed by atoms with van der Waals surface area (Å²) in [5, 5.41) is 8.76. The van der Waals surface area contributed by atoms with E-state index in [2.05, 4.69) is 4.72 Å². The van der Waals surface area contributed by atoms with Gasteiger partial charge >= 0.3 is 0 Å². The Morgan fingerprint density at radius 1 is 1.23 bits per heavy atom. The molecule has 0 fully saturated rings. The predicted molar refractivity (Wildman–Crippen MR) is 85.5 cm³/mol. The number of sulfonamides is 1. The summed E-state index contributed by atoms with van der Waals surface area (Å²) in [4.78, 5) is 11.9. The van der Waals surface area contributed by atoms with Gasteiger partial charge in [0, 0.05) is 0 Å². The van der Waals surface area contributed by atoms with Crippen molar-refractivity contribution in [2.45, 2.75) is 40.0 Å². The van der Waals surface area contributed by atoms with Gasteiger partial charge in [0.05, 0.1) is 24.7 Å². The molecular weight excluding hydrogens is 300 g/mol. The summed E-state index contributed by atoms with van der Waals surface area (Å²) in [6.07, 6.45) is 0.619. The van der Waals surface area contributed by atoms with E-state index in [4.69, 9.17) is 5.26 Å². The van der Waals surface area contributed by atoms with Crippen molar-refractivity contribution in [2.75, 3.05) is 5.75 Å². The molecule has 0 spiro atoms. The molecule has 0 unspecified atom stereocenters. The van der Waals surface area contributed by atoms with Gasteiger partial charge in [-0.2, -0.15) is 5.26 Å². The molecular formula is C16H22N2O3S. The smallest absolute Gasteiger partial charge is 0.237 e. The second-order valence-electron chi connectivity index (χ2n) is 6.44. The van der Waals surface area contributed by atoms with Gasteiger partial charge in [0.2, 0.25) is 15.9 Å². The highest BCUT2D eigenvalue weighted by Gasteiger charge is 2.20. The lowest BCUT2D eigenvalue weighted by atomic mass is 9.94. The molecule has 22 heavy (non-hydrogen) atoms. The normalized spacial score (nSPS) is 11.7. The fraction of sp³-hybridized carbons (Fsp3) is 0.500. The number of nitriles is 1. The zero-order chi connectivity index (χ0) is 16.8. The first kappa shape index (κ1) is 18.2. The Labute approximate surface area is 132 Å². The van der Waals surface area contributed by atoms with Crippen LogP contribution in [0.2, 0.25) is 0 Å². The van der Waals surface area contributed by atoms with Gasteiger partial charge in [-0.05, 0) is 23.0 Å². The summed E-state index contributed by atoms with van der Waals surface area (Å²) in [5.41, 5.74) is 1.30. The van der Waals surface area contributed by atoms with Crippen LogP contribution in [0.1, 0.15) is 38.3 Å². The topological polar surface area (TPSA) is 87.0 Å². The Morgan fingerprint density at radius 2 is 1.82 bits per heavy atom. The summed E-state index contributed by atoms with van der Waals surface area (Å²) in [7, 11) is -3.62. The second-order valence-corrected chi connectivity index (χ2v) is 8.28. The van der Waals surface area contributed by atoms with Gasteiger partial charge in [-0.3, -0.25) is 9.52 Å². The number of amides is 1. The molecule has 120 valence electrons. The van der Waals surface area contributed by atoms with Crippen LogP contribution in [0.15, 0.2) is 24.3 Å². The highest BCUT2D eigenvalue weighted by Crippen LogP contribution is 2.19. The van der Waals surface area contributed by atoms with Crippen molar-refractivity contribution in [1.82, 2.24) is 4.72 Å². The third-order valence-corrected chi connectivity index (χ3v) is 4.41. The standard InChI is InChI=1S/C16H22N2O3S/c1-16(2,3)9-11-22(20,21)18-15(19)12-14-7-5-4-6-13(14)8-10-17/h4-7H,8-9,11-12H2,1-3H3,(H,18,19). The van der Waals surface area contributed by atoms with E-state index in [0.29, 0.717) is 12.0 Å². The molecule has 0 aromatic heterocycles. The molecule has 0 aliphatic rings. The third-order valence-electron chi connectivity index (χ3n) is 3.13. The molecule has 0 bridgehead atoms. The average molecular weight is 322 g/mol. The predicted octanol–water partition coefficient (Wildman–Crippen LogP) is 2.18. The van der Waals surface area contributed by atoms with Gasteiger partial charge < -0.3 is 0 Å². The lowest BCUT2D eigenvalue weighted by Crippen LogP contribution is -2.34. The molecule has 0 saturated carbocycles. The highest BCUT2D eigenvalue weighted by molar-refractivity contribution is 7.90. The van der Waals surface area contributed by atoms with Crippen molar-refractivity contribution < 1.29 is 13.2 Å². The van der Waals surface area contributed by atoms with E-state index < -0.39 is 15.9 Å².